The molecule has 2 nitrogen and oxygen atoms in total. The number of aliphatic hydroxyl groups is 1. The lowest BCUT2D eigenvalue weighted by Crippen LogP contribution is -1.94. The van der Waals surface area contributed by atoms with Crippen LogP contribution in [0.1, 0.15) is 18.1 Å². The summed E-state index contributed by atoms with van der Waals surface area (Å²) < 4.78 is 0. The summed E-state index contributed by atoms with van der Waals surface area (Å²) in [6.07, 6.45) is 3.02. The molecule has 0 fully saturated rings. The first kappa shape index (κ1) is 9.50. The molecule has 0 heterocycles. The molecule has 0 spiro atoms. The first-order chi connectivity index (χ1) is 6.34. The molecule has 1 aromatic carbocycles. The smallest absolute Gasteiger partial charge is 0.0908 e. The third kappa shape index (κ3) is 3.10. The van der Waals surface area contributed by atoms with E-state index >= 15 is 0 Å². The number of hydrogen-bond donors (Lipinski definition) is 1. The molecular formula is C11H11NO. The van der Waals surface area contributed by atoms with Gasteiger partial charge in [-0.3, -0.25) is 0 Å². The molecule has 0 aliphatic heterocycles. The molecule has 1 N–H and O–H groups in total. The molecule has 2 heteroatoms. The summed E-state index contributed by atoms with van der Waals surface area (Å²) in [5.74, 6) is 0. The summed E-state index contributed by atoms with van der Waals surface area (Å²) in [5.41, 5.74) is 0.880. The number of hydrogen-bond acceptors (Lipinski definition) is 2. The first-order valence-electron chi connectivity index (χ1n) is 4.12. The molecule has 66 valence electrons. The van der Waals surface area contributed by atoms with E-state index in [1.807, 2.05) is 36.4 Å². The van der Waals surface area contributed by atoms with E-state index in [0.717, 1.165) is 5.56 Å². The van der Waals surface area contributed by atoms with Crippen molar-refractivity contribution in [3.05, 3.63) is 48.0 Å². The number of benzene rings is 1. The third-order valence-electron chi connectivity index (χ3n) is 1.74. The van der Waals surface area contributed by atoms with Crippen LogP contribution in [0.15, 0.2) is 42.5 Å². The molecule has 0 saturated carbocycles. The second-order valence-corrected chi connectivity index (χ2v) is 2.69. The largest absolute Gasteiger partial charge is 0.388 e. The summed E-state index contributed by atoms with van der Waals surface area (Å²) in [5, 5.41) is 17.8. The standard InChI is InChI=1S/C11H11NO/c12-9-5-4-8-11(13)10-6-2-1-3-7-10/h1-7,11,13H,8H2/b5-4+. The van der Waals surface area contributed by atoms with E-state index in [-0.39, 0.29) is 0 Å². The van der Waals surface area contributed by atoms with Gasteiger partial charge < -0.3 is 5.11 Å². The zero-order chi connectivity index (χ0) is 9.52. The summed E-state index contributed by atoms with van der Waals surface area (Å²) in [4.78, 5) is 0. The van der Waals surface area contributed by atoms with Crippen molar-refractivity contribution in [3.8, 4) is 6.07 Å². The molecule has 1 rings (SSSR count). The van der Waals surface area contributed by atoms with Crippen LogP contribution in [0.4, 0.5) is 0 Å². The van der Waals surface area contributed by atoms with Crippen molar-refractivity contribution in [3.63, 3.8) is 0 Å². The van der Waals surface area contributed by atoms with Crippen molar-refractivity contribution in [1.82, 2.24) is 0 Å². The minimum atomic E-state index is -0.509. The van der Waals surface area contributed by atoms with Crippen LogP contribution in [0.3, 0.4) is 0 Å². The molecule has 0 saturated heterocycles. The average Bonchev–Trinajstić information content (AvgIpc) is 2.19. The first-order valence-corrected chi connectivity index (χ1v) is 4.12. The van der Waals surface area contributed by atoms with Gasteiger partial charge in [0.2, 0.25) is 0 Å². The number of nitriles is 1. The van der Waals surface area contributed by atoms with Crippen molar-refractivity contribution in [2.45, 2.75) is 12.5 Å². The molecule has 0 radical (unpaired) electrons. The lowest BCUT2D eigenvalue weighted by molar-refractivity contribution is 0.181. The number of rotatable bonds is 3. The third-order valence-corrected chi connectivity index (χ3v) is 1.74. The lowest BCUT2D eigenvalue weighted by Gasteiger charge is -2.06. The van der Waals surface area contributed by atoms with Gasteiger partial charge in [0.1, 0.15) is 0 Å². The van der Waals surface area contributed by atoms with E-state index in [1.165, 1.54) is 6.08 Å². The number of nitrogens with zero attached hydrogens (tertiary/aromatic N) is 1. The van der Waals surface area contributed by atoms with Gasteiger partial charge in [0.05, 0.1) is 12.2 Å². The predicted molar refractivity (Wildman–Crippen MR) is 50.8 cm³/mol. The van der Waals surface area contributed by atoms with E-state index < -0.39 is 6.10 Å². The molecule has 0 aliphatic carbocycles. The molecule has 1 atom stereocenters. The normalized spacial score (nSPS) is 12.6. The van der Waals surface area contributed by atoms with Crippen LogP contribution in [-0.2, 0) is 0 Å². The SMILES string of the molecule is N#C/C=C/CC(O)c1ccccc1. The molecule has 13 heavy (non-hydrogen) atoms. The van der Waals surface area contributed by atoms with Crippen LogP contribution >= 0.6 is 0 Å². The van der Waals surface area contributed by atoms with E-state index in [2.05, 4.69) is 0 Å². The molecule has 1 unspecified atom stereocenters. The lowest BCUT2D eigenvalue weighted by atomic mass is 10.1. The molecular weight excluding hydrogens is 162 g/mol. The molecule has 1 aromatic rings. The van der Waals surface area contributed by atoms with Crippen molar-refractivity contribution >= 4 is 0 Å². The Morgan fingerprint density at radius 3 is 2.69 bits per heavy atom. The average molecular weight is 173 g/mol. The van der Waals surface area contributed by atoms with Gasteiger partial charge in [0.25, 0.3) is 0 Å². The highest BCUT2D eigenvalue weighted by Crippen LogP contribution is 2.15. The molecule has 0 bridgehead atoms. The highest BCUT2D eigenvalue weighted by molar-refractivity contribution is 5.18. The van der Waals surface area contributed by atoms with Gasteiger partial charge >= 0.3 is 0 Å². The van der Waals surface area contributed by atoms with Gasteiger partial charge in [-0.05, 0) is 12.0 Å². The Morgan fingerprint density at radius 1 is 1.38 bits per heavy atom. The summed E-state index contributed by atoms with van der Waals surface area (Å²) in [7, 11) is 0. The zero-order valence-electron chi connectivity index (χ0n) is 7.22. The van der Waals surface area contributed by atoms with Crippen molar-refractivity contribution in [1.29, 1.82) is 5.26 Å². The zero-order valence-corrected chi connectivity index (χ0v) is 7.22. The van der Waals surface area contributed by atoms with E-state index in [9.17, 15) is 5.11 Å². The highest BCUT2D eigenvalue weighted by Gasteiger charge is 2.02. The van der Waals surface area contributed by atoms with Crippen molar-refractivity contribution in [2.24, 2.45) is 0 Å². The fourth-order valence-electron chi connectivity index (χ4n) is 1.06. The van der Waals surface area contributed by atoms with Gasteiger partial charge in [-0.15, -0.1) is 0 Å². The van der Waals surface area contributed by atoms with Crippen LogP contribution in [0, 0.1) is 11.3 Å². The Bertz CT molecular complexity index is 311. The predicted octanol–water partition coefficient (Wildman–Crippen LogP) is 2.19. The highest BCUT2D eigenvalue weighted by atomic mass is 16.3. The Labute approximate surface area is 77.8 Å². The van der Waals surface area contributed by atoms with Crippen LogP contribution in [0.2, 0.25) is 0 Å². The van der Waals surface area contributed by atoms with Crippen LogP contribution in [-0.4, -0.2) is 5.11 Å². The van der Waals surface area contributed by atoms with E-state index in [4.69, 9.17) is 5.26 Å². The van der Waals surface area contributed by atoms with Gasteiger partial charge in [0.15, 0.2) is 0 Å². The number of allylic oxidation sites excluding steroid dienone is 1. The van der Waals surface area contributed by atoms with Crippen LogP contribution < -0.4 is 0 Å². The Hall–Kier alpha value is -1.59. The van der Waals surface area contributed by atoms with Crippen molar-refractivity contribution < 1.29 is 5.11 Å². The summed E-state index contributed by atoms with van der Waals surface area (Å²) >= 11 is 0. The number of aliphatic hydroxyl groups excluding tert-OH is 1. The molecule has 0 aliphatic rings. The minimum absolute atomic E-state index is 0.484. The van der Waals surface area contributed by atoms with Gasteiger partial charge in [0, 0.05) is 6.08 Å². The monoisotopic (exact) mass is 173 g/mol. The maximum absolute atomic E-state index is 9.59. The Kier molecular flexibility index (Phi) is 3.74. The summed E-state index contributed by atoms with van der Waals surface area (Å²) in [6, 6.07) is 11.3. The maximum atomic E-state index is 9.59. The fourth-order valence-corrected chi connectivity index (χ4v) is 1.06. The topological polar surface area (TPSA) is 44.0 Å². The van der Waals surface area contributed by atoms with Crippen LogP contribution in [0.5, 0.6) is 0 Å². The Balaban J connectivity index is 2.55. The molecule has 0 amide bonds. The maximum Gasteiger partial charge on any atom is 0.0908 e. The van der Waals surface area contributed by atoms with Crippen LogP contribution in [0.25, 0.3) is 0 Å². The van der Waals surface area contributed by atoms with Gasteiger partial charge in [-0.2, -0.15) is 5.26 Å². The quantitative estimate of drug-likeness (QED) is 0.712. The second kappa shape index (κ2) is 5.13. The van der Waals surface area contributed by atoms with E-state index in [0.29, 0.717) is 6.42 Å². The van der Waals surface area contributed by atoms with Gasteiger partial charge in [-0.1, -0.05) is 36.4 Å². The second-order valence-electron chi connectivity index (χ2n) is 2.69. The molecule has 0 aromatic heterocycles. The van der Waals surface area contributed by atoms with Gasteiger partial charge in [-0.25, -0.2) is 0 Å². The van der Waals surface area contributed by atoms with Crippen molar-refractivity contribution in [2.75, 3.05) is 0 Å². The summed E-state index contributed by atoms with van der Waals surface area (Å²) in [6.45, 7) is 0. The fraction of sp³-hybridized carbons (Fsp3) is 0.182. The Morgan fingerprint density at radius 2 is 2.08 bits per heavy atom. The minimum Gasteiger partial charge on any atom is -0.388 e. The van der Waals surface area contributed by atoms with E-state index in [1.54, 1.807) is 6.08 Å².